The van der Waals surface area contributed by atoms with Crippen LogP contribution in [-0.4, -0.2) is 32.1 Å². The monoisotopic (exact) mass is 396 g/mol. The molecule has 154 valence electrons. The Morgan fingerprint density at radius 1 is 0.931 bits per heavy atom. The van der Waals surface area contributed by atoms with Crippen molar-refractivity contribution in [1.82, 2.24) is 0 Å². The highest BCUT2D eigenvalue weighted by atomic mass is 16.5. The van der Waals surface area contributed by atoms with E-state index < -0.39 is 5.97 Å². The average molecular weight is 396 g/mol. The topological polar surface area (TPSA) is 61.8 Å². The van der Waals surface area contributed by atoms with Gasteiger partial charge in [0.15, 0.2) is 23.9 Å². The summed E-state index contributed by atoms with van der Waals surface area (Å²) in [6.45, 7) is 2.07. The van der Waals surface area contributed by atoms with Crippen molar-refractivity contribution in [2.75, 3.05) is 20.3 Å². The molecule has 0 saturated heterocycles. The molecule has 2 aromatic carbocycles. The number of carbonyl (C=O) groups excluding carboxylic acids is 2. The number of carbonyl (C=O) groups is 2. The van der Waals surface area contributed by atoms with Gasteiger partial charge in [-0.1, -0.05) is 43.5 Å². The molecule has 0 amide bonds. The lowest BCUT2D eigenvalue weighted by Crippen LogP contribution is -2.14. The average Bonchev–Trinajstić information content (AvgIpc) is 2.78. The number of ketones is 1. The molecule has 5 heteroatoms. The Bertz CT molecular complexity index is 835. The van der Waals surface area contributed by atoms with Crippen molar-refractivity contribution < 1.29 is 23.8 Å². The molecule has 0 N–H and O–H groups in total. The fourth-order valence-corrected chi connectivity index (χ4v) is 3.74. The van der Waals surface area contributed by atoms with Gasteiger partial charge in [-0.25, -0.2) is 4.79 Å². The minimum atomic E-state index is -0.571. The zero-order valence-electron chi connectivity index (χ0n) is 17.1. The molecule has 0 spiro atoms. The zero-order valence-corrected chi connectivity index (χ0v) is 17.1. The second-order valence-corrected chi connectivity index (χ2v) is 7.25. The van der Waals surface area contributed by atoms with Gasteiger partial charge in [-0.2, -0.15) is 0 Å². The molecule has 1 aliphatic carbocycles. The van der Waals surface area contributed by atoms with Gasteiger partial charge in [0.1, 0.15) is 0 Å². The largest absolute Gasteiger partial charge is 0.493 e. The van der Waals surface area contributed by atoms with Crippen molar-refractivity contribution in [3.05, 3.63) is 59.2 Å². The normalized spacial score (nSPS) is 14.3. The molecule has 0 bridgehead atoms. The number of methoxy groups -OCH3 is 1. The predicted octanol–water partition coefficient (Wildman–Crippen LogP) is 5.18. The predicted molar refractivity (Wildman–Crippen MR) is 111 cm³/mol. The van der Waals surface area contributed by atoms with Crippen molar-refractivity contribution in [3.63, 3.8) is 0 Å². The van der Waals surface area contributed by atoms with Crippen LogP contribution < -0.4 is 9.47 Å². The number of rotatable bonds is 8. The van der Waals surface area contributed by atoms with Crippen molar-refractivity contribution in [3.8, 4) is 11.5 Å². The second kappa shape index (κ2) is 10.1. The summed E-state index contributed by atoms with van der Waals surface area (Å²) in [4.78, 5) is 24.7. The summed E-state index contributed by atoms with van der Waals surface area (Å²) in [5.41, 5.74) is 2.16. The van der Waals surface area contributed by atoms with Crippen LogP contribution in [0, 0.1) is 0 Å². The molecule has 2 aromatic rings. The molecule has 3 rings (SSSR count). The SMILES string of the molecule is CCOc1ccc(C(=O)OCC(=O)c2ccc(C3CCCCC3)cc2)cc1OC. The van der Waals surface area contributed by atoms with Crippen molar-refractivity contribution in [1.29, 1.82) is 0 Å². The second-order valence-electron chi connectivity index (χ2n) is 7.25. The molecule has 0 aromatic heterocycles. The highest BCUT2D eigenvalue weighted by molar-refractivity contribution is 5.99. The van der Waals surface area contributed by atoms with Gasteiger partial charge in [0, 0.05) is 5.56 Å². The van der Waals surface area contributed by atoms with Crippen LogP contribution in [0.25, 0.3) is 0 Å². The third-order valence-electron chi connectivity index (χ3n) is 5.34. The molecule has 0 heterocycles. The van der Waals surface area contributed by atoms with E-state index >= 15 is 0 Å². The molecule has 1 saturated carbocycles. The Kier molecular flexibility index (Phi) is 7.28. The van der Waals surface area contributed by atoms with Crippen LogP contribution in [0.5, 0.6) is 11.5 Å². The van der Waals surface area contributed by atoms with E-state index in [1.807, 2.05) is 31.2 Å². The molecular weight excluding hydrogens is 368 g/mol. The van der Waals surface area contributed by atoms with Gasteiger partial charge < -0.3 is 14.2 Å². The van der Waals surface area contributed by atoms with Gasteiger partial charge in [-0.15, -0.1) is 0 Å². The molecule has 0 atom stereocenters. The van der Waals surface area contributed by atoms with E-state index in [1.165, 1.54) is 44.8 Å². The Hall–Kier alpha value is -2.82. The van der Waals surface area contributed by atoms with Gasteiger partial charge in [-0.05, 0) is 49.4 Å². The summed E-state index contributed by atoms with van der Waals surface area (Å²) in [6.07, 6.45) is 6.31. The quantitative estimate of drug-likeness (QED) is 0.454. The number of Topliss-reactive ketones (excluding diaryl/α,β-unsaturated/α-hetero) is 1. The summed E-state index contributed by atoms with van der Waals surface area (Å²) < 4.78 is 15.9. The molecule has 0 radical (unpaired) electrons. The lowest BCUT2D eigenvalue weighted by atomic mass is 9.84. The van der Waals surface area contributed by atoms with Crippen LogP contribution in [0.4, 0.5) is 0 Å². The van der Waals surface area contributed by atoms with Crippen molar-refractivity contribution in [2.45, 2.75) is 44.9 Å². The zero-order chi connectivity index (χ0) is 20.6. The number of benzene rings is 2. The van der Waals surface area contributed by atoms with Gasteiger partial charge in [0.25, 0.3) is 0 Å². The van der Waals surface area contributed by atoms with Gasteiger partial charge in [0.2, 0.25) is 0 Å². The number of ether oxygens (including phenoxy) is 3. The summed E-state index contributed by atoms with van der Waals surface area (Å²) in [5, 5.41) is 0. The highest BCUT2D eigenvalue weighted by Gasteiger charge is 2.17. The molecule has 1 fully saturated rings. The first kappa shape index (κ1) is 20.9. The van der Waals surface area contributed by atoms with Crippen LogP contribution >= 0.6 is 0 Å². The Labute approximate surface area is 172 Å². The van der Waals surface area contributed by atoms with Gasteiger partial charge >= 0.3 is 5.97 Å². The number of hydrogen-bond acceptors (Lipinski definition) is 5. The van der Waals surface area contributed by atoms with Crippen LogP contribution in [0.15, 0.2) is 42.5 Å². The Balaban J connectivity index is 1.57. The van der Waals surface area contributed by atoms with Crippen LogP contribution in [0.3, 0.4) is 0 Å². The van der Waals surface area contributed by atoms with Crippen molar-refractivity contribution in [2.24, 2.45) is 0 Å². The maximum atomic E-state index is 12.4. The van der Waals surface area contributed by atoms with Gasteiger partial charge in [-0.3, -0.25) is 4.79 Å². The van der Waals surface area contributed by atoms with E-state index in [9.17, 15) is 9.59 Å². The number of hydrogen-bond donors (Lipinski definition) is 0. The summed E-state index contributed by atoms with van der Waals surface area (Å²) in [5.74, 6) is 0.817. The van der Waals surface area contributed by atoms with E-state index in [4.69, 9.17) is 14.2 Å². The molecule has 0 unspecified atom stereocenters. The molecule has 5 nitrogen and oxygen atoms in total. The summed E-state index contributed by atoms with van der Waals surface area (Å²) in [7, 11) is 1.51. The first-order valence-corrected chi connectivity index (χ1v) is 10.2. The standard InChI is InChI=1S/C24H28O5/c1-3-28-22-14-13-20(15-23(22)27-2)24(26)29-16-21(25)19-11-9-18(10-12-19)17-7-5-4-6-8-17/h9-15,17H,3-8,16H2,1-2H3. The molecule has 29 heavy (non-hydrogen) atoms. The maximum Gasteiger partial charge on any atom is 0.338 e. The first-order valence-electron chi connectivity index (χ1n) is 10.2. The van der Waals surface area contributed by atoms with Gasteiger partial charge in [0.05, 0.1) is 19.3 Å². The summed E-state index contributed by atoms with van der Waals surface area (Å²) >= 11 is 0. The Morgan fingerprint density at radius 3 is 2.28 bits per heavy atom. The van der Waals surface area contributed by atoms with Crippen LogP contribution in [-0.2, 0) is 4.74 Å². The lowest BCUT2D eigenvalue weighted by molar-refractivity contribution is 0.0474. The van der Waals surface area contributed by atoms with E-state index in [2.05, 4.69) is 0 Å². The van der Waals surface area contributed by atoms with E-state index in [-0.39, 0.29) is 12.4 Å². The third-order valence-corrected chi connectivity index (χ3v) is 5.34. The lowest BCUT2D eigenvalue weighted by Gasteiger charge is -2.22. The molecule has 0 aliphatic heterocycles. The summed E-state index contributed by atoms with van der Waals surface area (Å²) in [6, 6.07) is 12.5. The van der Waals surface area contributed by atoms with E-state index in [0.717, 1.165) is 0 Å². The first-order chi connectivity index (χ1) is 14.1. The maximum absolute atomic E-state index is 12.4. The highest BCUT2D eigenvalue weighted by Crippen LogP contribution is 2.32. The fourth-order valence-electron chi connectivity index (χ4n) is 3.74. The molecular formula is C24H28O5. The van der Waals surface area contributed by atoms with E-state index in [0.29, 0.717) is 35.2 Å². The number of esters is 1. The van der Waals surface area contributed by atoms with Crippen LogP contribution in [0.2, 0.25) is 0 Å². The minimum absolute atomic E-state index is 0.216. The Morgan fingerprint density at radius 2 is 1.62 bits per heavy atom. The van der Waals surface area contributed by atoms with E-state index in [1.54, 1.807) is 18.2 Å². The van der Waals surface area contributed by atoms with Crippen molar-refractivity contribution >= 4 is 11.8 Å². The minimum Gasteiger partial charge on any atom is -0.493 e. The fraction of sp³-hybridized carbons (Fsp3) is 0.417. The smallest absolute Gasteiger partial charge is 0.338 e. The third kappa shape index (κ3) is 5.37. The molecule has 1 aliphatic rings. The van der Waals surface area contributed by atoms with Crippen LogP contribution in [0.1, 0.15) is 71.2 Å².